The molecule has 0 spiro atoms. The minimum absolute atomic E-state index is 0.160. The zero-order valence-corrected chi connectivity index (χ0v) is 13.3. The Morgan fingerprint density at radius 1 is 1.42 bits per heavy atom. The van der Waals surface area contributed by atoms with E-state index in [0.717, 1.165) is 12.3 Å². The Bertz CT molecular complexity index is 328. The van der Waals surface area contributed by atoms with Crippen molar-refractivity contribution in [3.8, 4) is 0 Å². The molecule has 0 unspecified atom stereocenters. The van der Waals surface area contributed by atoms with Crippen molar-refractivity contribution in [1.29, 1.82) is 0 Å². The summed E-state index contributed by atoms with van der Waals surface area (Å²) >= 11 is 0. The Hall–Kier alpha value is -0.790. The van der Waals surface area contributed by atoms with E-state index in [1.54, 1.807) is 11.1 Å². The number of rotatable bonds is 6. The van der Waals surface area contributed by atoms with E-state index in [1.807, 2.05) is 0 Å². The molecule has 0 bridgehead atoms. The predicted octanol–water partition coefficient (Wildman–Crippen LogP) is 4.74. The van der Waals surface area contributed by atoms with Crippen LogP contribution in [0.4, 0.5) is 0 Å². The molecule has 0 amide bonds. The first-order valence-corrected chi connectivity index (χ1v) is 7.73. The van der Waals surface area contributed by atoms with Crippen LogP contribution in [0.5, 0.6) is 0 Å². The molecule has 0 N–H and O–H groups in total. The molecule has 0 radical (unpaired) electrons. The van der Waals surface area contributed by atoms with E-state index < -0.39 is 0 Å². The zero-order valence-electron chi connectivity index (χ0n) is 13.3. The number of allylic oxidation sites excluding steroid dienone is 2. The number of hydrogen-bond acceptors (Lipinski definition) is 2. The molecule has 1 aliphatic carbocycles. The average molecular weight is 266 g/mol. The summed E-state index contributed by atoms with van der Waals surface area (Å²) in [6.07, 6.45) is 6.28. The van der Waals surface area contributed by atoms with Gasteiger partial charge in [0.15, 0.2) is 0 Å². The first-order valence-electron chi connectivity index (χ1n) is 7.73. The number of carbonyl (C=O) groups excluding carboxylic acids is 1. The molecule has 1 aliphatic rings. The highest BCUT2D eigenvalue weighted by molar-refractivity contribution is 5.65. The summed E-state index contributed by atoms with van der Waals surface area (Å²) in [5.41, 5.74) is 3.27. The van der Waals surface area contributed by atoms with Crippen LogP contribution in [-0.2, 0) is 9.53 Å². The fraction of sp³-hybridized carbons (Fsp3) is 0.824. The fourth-order valence-electron chi connectivity index (χ4n) is 2.90. The topological polar surface area (TPSA) is 26.3 Å². The Balaban J connectivity index is 2.51. The highest BCUT2D eigenvalue weighted by atomic mass is 16.5. The van der Waals surface area contributed by atoms with E-state index in [0.29, 0.717) is 18.4 Å². The molecule has 0 aromatic rings. The SMILES string of the molecule is CC(=O)OC[C@@H](CCC1=C(C)[C@H](C)CCC1)C(C)C. The fourth-order valence-corrected chi connectivity index (χ4v) is 2.90. The number of carbonyl (C=O) groups is 1. The van der Waals surface area contributed by atoms with Gasteiger partial charge in [-0.25, -0.2) is 0 Å². The van der Waals surface area contributed by atoms with Crippen LogP contribution in [0.15, 0.2) is 11.1 Å². The van der Waals surface area contributed by atoms with Gasteiger partial charge in [-0.15, -0.1) is 0 Å². The van der Waals surface area contributed by atoms with Crippen molar-refractivity contribution < 1.29 is 9.53 Å². The standard InChI is InChI=1S/C17H30O2/c1-12(2)17(11-19-15(5)18)10-9-16-8-6-7-13(3)14(16)4/h12-13,17H,6-11H2,1-5H3/t13-,17-/m1/s1. The van der Waals surface area contributed by atoms with E-state index in [1.165, 1.54) is 32.6 Å². The van der Waals surface area contributed by atoms with Gasteiger partial charge >= 0.3 is 5.97 Å². The van der Waals surface area contributed by atoms with E-state index >= 15 is 0 Å². The molecule has 0 saturated heterocycles. The maximum absolute atomic E-state index is 10.9. The maximum atomic E-state index is 10.9. The second-order valence-electron chi connectivity index (χ2n) is 6.43. The minimum atomic E-state index is -0.160. The van der Waals surface area contributed by atoms with Crippen molar-refractivity contribution in [3.05, 3.63) is 11.1 Å². The lowest BCUT2D eigenvalue weighted by Crippen LogP contribution is -2.18. The molecule has 110 valence electrons. The number of hydrogen-bond donors (Lipinski definition) is 0. The Labute approximate surface area is 118 Å². The van der Waals surface area contributed by atoms with Crippen LogP contribution in [0.25, 0.3) is 0 Å². The smallest absolute Gasteiger partial charge is 0.302 e. The van der Waals surface area contributed by atoms with Gasteiger partial charge in [0.2, 0.25) is 0 Å². The van der Waals surface area contributed by atoms with Crippen LogP contribution < -0.4 is 0 Å². The third-order valence-electron chi connectivity index (χ3n) is 4.67. The predicted molar refractivity (Wildman–Crippen MR) is 79.9 cm³/mol. The lowest BCUT2D eigenvalue weighted by Gasteiger charge is -2.26. The van der Waals surface area contributed by atoms with Crippen molar-refractivity contribution in [3.63, 3.8) is 0 Å². The van der Waals surface area contributed by atoms with Gasteiger partial charge in [0, 0.05) is 6.92 Å². The molecule has 0 saturated carbocycles. The molecule has 2 atom stereocenters. The van der Waals surface area contributed by atoms with Crippen LogP contribution in [0.3, 0.4) is 0 Å². The first kappa shape index (κ1) is 16.3. The summed E-state index contributed by atoms with van der Waals surface area (Å²) in [4.78, 5) is 10.9. The third kappa shape index (κ3) is 5.38. The van der Waals surface area contributed by atoms with Crippen molar-refractivity contribution in [2.24, 2.45) is 17.8 Å². The molecule has 0 aromatic carbocycles. The van der Waals surface area contributed by atoms with Crippen molar-refractivity contribution in [1.82, 2.24) is 0 Å². The number of ether oxygens (including phenoxy) is 1. The highest BCUT2D eigenvalue weighted by Crippen LogP contribution is 2.33. The molecule has 0 heterocycles. The van der Waals surface area contributed by atoms with Gasteiger partial charge in [0.25, 0.3) is 0 Å². The van der Waals surface area contributed by atoms with Crippen LogP contribution in [0.2, 0.25) is 0 Å². The molecule has 19 heavy (non-hydrogen) atoms. The van der Waals surface area contributed by atoms with Crippen molar-refractivity contribution >= 4 is 5.97 Å². The van der Waals surface area contributed by atoms with Crippen LogP contribution in [0, 0.1) is 17.8 Å². The number of esters is 1. The Kier molecular flexibility index (Phi) is 6.60. The summed E-state index contributed by atoms with van der Waals surface area (Å²) in [6.45, 7) is 11.2. The second kappa shape index (κ2) is 7.72. The van der Waals surface area contributed by atoms with E-state index in [-0.39, 0.29) is 5.97 Å². The van der Waals surface area contributed by atoms with Gasteiger partial charge < -0.3 is 4.74 Å². The molecule has 0 aromatic heterocycles. The lowest BCUT2D eigenvalue weighted by molar-refractivity contribution is -0.142. The van der Waals surface area contributed by atoms with E-state index in [4.69, 9.17) is 4.74 Å². The monoisotopic (exact) mass is 266 g/mol. The van der Waals surface area contributed by atoms with Crippen LogP contribution in [-0.4, -0.2) is 12.6 Å². The molecular weight excluding hydrogens is 236 g/mol. The quantitative estimate of drug-likeness (QED) is 0.513. The average Bonchev–Trinajstić information content (AvgIpc) is 2.33. The van der Waals surface area contributed by atoms with E-state index in [9.17, 15) is 4.79 Å². The van der Waals surface area contributed by atoms with Gasteiger partial charge in [0.05, 0.1) is 6.61 Å². The minimum Gasteiger partial charge on any atom is -0.466 e. The lowest BCUT2D eigenvalue weighted by atomic mass is 9.81. The third-order valence-corrected chi connectivity index (χ3v) is 4.67. The first-order chi connectivity index (χ1) is 8.91. The molecule has 0 aliphatic heterocycles. The largest absolute Gasteiger partial charge is 0.466 e. The Morgan fingerprint density at radius 3 is 2.68 bits per heavy atom. The van der Waals surface area contributed by atoms with Crippen LogP contribution in [0.1, 0.15) is 66.7 Å². The summed E-state index contributed by atoms with van der Waals surface area (Å²) in [7, 11) is 0. The molecular formula is C17H30O2. The van der Waals surface area contributed by atoms with Crippen molar-refractivity contribution in [2.45, 2.75) is 66.7 Å². The van der Waals surface area contributed by atoms with E-state index in [2.05, 4.69) is 27.7 Å². The highest BCUT2D eigenvalue weighted by Gasteiger charge is 2.19. The van der Waals surface area contributed by atoms with Gasteiger partial charge in [-0.05, 0) is 56.8 Å². The molecule has 1 rings (SSSR count). The van der Waals surface area contributed by atoms with Crippen LogP contribution >= 0.6 is 0 Å². The van der Waals surface area contributed by atoms with Gasteiger partial charge in [-0.3, -0.25) is 4.79 Å². The second-order valence-corrected chi connectivity index (χ2v) is 6.43. The zero-order chi connectivity index (χ0) is 14.4. The maximum Gasteiger partial charge on any atom is 0.302 e. The van der Waals surface area contributed by atoms with Crippen molar-refractivity contribution in [2.75, 3.05) is 6.61 Å². The summed E-state index contributed by atoms with van der Waals surface area (Å²) < 4.78 is 5.20. The van der Waals surface area contributed by atoms with Gasteiger partial charge in [0.1, 0.15) is 0 Å². The van der Waals surface area contributed by atoms with Gasteiger partial charge in [-0.1, -0.05) is 31.9 Å². The Morgan fingerprint density at radius 2 is 2.11 bits per heavy atom. The summed E-state index contributed by atoms with van der Waals surface area (Å²) in [5, 5.41) is 0. The molecule has 2 nitrogen and oxygen atoms in total. The van der Waals surface area contributed by atoms with Gasteiger partial charge in [-0.2, -0.15) is 0 Å². The normalized spacial score (nSPS) is 21.7. The molecule has 0 fully saturated rings. The summed E-state index contributed by atoms with van der Waals surface area (Å²) in [5.74, 6) is 1.66. The summed E-state index contributed by atoms with van der Waals surface area (Å²) in [6, 6.07) is 0. The molecule has 2 heteroatoms.